The minimum Gasteiger partial charge on any atom is -0.345 e. The van der Waals surface area contributed by atoms with Crippen LogP contribution in [0.1, 0.15) is 41.5 Å². The quantitative estimate of drug-likeness (QED) is 0.442. The van der Waals surface area contributed by atoms with Gasteiger partial charge in [-0.25, -0.2) is 14.4 Å². The first kappa shape index (κ1) is 21.0. The molecule has 4 aromatic heterocycles. The molecule has 9 heteroatoms. The molecule has 1 atom stereocenters. The van der Waals surface area contributed by atoms with Gasteiger partial charge in [-0.05, 0) is 47.9 Å². The highest BCUT2D eigenvalue weighted by atomic mass is 19.1. The standard InChI is InChI=1S/C25H25FN6O2/c1-16-24(13-25(16,26)14-24)15-27-9-17-5-6-20-29-18(12-31(20)11-17)10-28-23(34)19-8-22(33)32-7-3-2-4-21(32)30-19/h2-8,11-12,16,27H,9-10,13-15H2,1H3,(H,28,34)/t16-,24?,25?/m1/s1. The Labute approximate surface area is 194 Å². The molecule has 4 aromatic rings. The molecule has 0 spiro atoms. The summed E-state index contributed by atoms with van der Waals surface area (Å²) in [6.07, 6.45) is 6.87. The monoisotopic (exact) mass is 460 g/mol. The second-order valence-corrected chi connectivity index (χ2v) is 9.70. The lowest BCUT2D eigenvalue weighted by molar-refractivity contribution is -0.270. The number of nitrogens with one attached hydrogen (secondary N) is 2. The van der Waals surface area contributed by atoms with Crippen LogP contribution in [-0.2, 0) is 13.1 Å². The maximum absolute atomic E-state index is 14.0. The molecule has 7 rings (SSSR count). The Bertz CT molecular complexity index is 1490. The molecule has 0 saturated heterocycles. The first-order valence-corrected chi connectivity index (χ1v) is 11.5. The van der Waals surface area contributed by atoms with Crippen molar-refractivity contribution in [2.24, 2.45) is 11.3 Å². The Kier molecular flexibility index (Phi) is 4.60. The van der Waals surface area contributed by atoms with Crippen LogP contribution in [0.3, 0.4) is 0 Å². The smallest absolute Gasteiger partial charge is 0.270 e. The second kappa shape index (κ2) is 7.46. The van der Waals surface area contributed by atoms with Crippen LogP contribution in [0.25, 0.3) is 11.3 Å². The van der Waals surface area contributed by atoms with E-state index in [-0.39, 0.29) is 29.1 Å². The SMILES string of the molecule is C[C@H]1C2(F)CC1(CNCc1ccc3nc(CNC(=O)c4cc(=O)n5ccccc5n4)cn3c1)C2. The molecule has 3 fully saturated rings. The van der Waals surface area contributed by atoms with Gasteiger partial charge in [0.25, 0.3) is 11.5 Å². The molecule has 0 radical (unpaired) electrons. The summed E-state index contributed by atoms with van der Waals surface area (Å²) in [4.78, 5) is 33.6. The number of fused-ring (bicyclic) bond motifs is 2. The van der Waals surface area contributed by atoms with E-state index in [1.54, 1.807) is 24.4 Å². The molecule has 3 saturated carbocycles. The van der Waals surface area contributed by atoms with Gasteiger partial charge in [-0.3, -0.25) is 14.0 Å². The van der Waals surface area contributed by atoms with Crippen LogP contribution >= 0.6 is 0 Å². The Hall–Kier alpha value is -3.59. The summed E-state index contributed by atoms with van der Waals surface area (Å²) in [5, 5.41) is 6.27. The fourth-order valence-corrected chi connectivity index (χ4v) is 5.46. The molecule has 0 aromatic carbocycles. The molecule has 8 nitrogen and oxygen atoms in total. The van der Waals surface area contributed by atoms with Crippen LogP contribution < -0.4 is 16.2 Å². The molecule has 2 bridgehead atoms. The van der Waals surface area contributed by atoms with Gasteiger partial charge >= 0.3 is 0 Å². The minimum atomic E-state index is -0.899. The highest BCUT2D eigenvalue weighted by molar-refractivity contribution is 5.92. The zero-order chi connectivity index (χ0) is 23.5. The van der Waals surface area contributed by atoms with Gasteiger partial charge in [0.1, 0.15) is 22.7 Å². The summed E-state index contributed by atoms with van der Waals surface area (Å²) >= 11 is 0. The maximum atomic E-state index is 14.0. The predicted octanol–water partition coefficient (Wildman–Crippen LogP) is 2.50. The number of hydrogen-bond acceptors (Lipinski definition) is 5. The lowest BCUT2D eigenvalue weighted by atomic mass is 9.36. The molecular weight excluding hydrogens is 435 g/mol. The number of alkyl halides is 1. The van der Waals surface area contributed by atoms with Gasteiger partial charge in [-0.15, -0.1) is 0 Å². The van der Waals surface area contributed by atoms with Gasteiger partial charge in [0.15, 0.2) is 0 Å². The molecular formula is C25H25FN6O2. The van der Waals surface area contributed by atoms with Crippen LogP contribution in [0.5, 0.6) is 0 Å². The number of amides is 1. The average molecular weight is 461 g/mol. The summed E-state index contributed by atoms with van der Waals surface area (Å²) < 4.78 is 17.4. The topological polar surface area (TPSA) is 92.8 Å². The molecule has 1 amide bonds. The van der Waals surface area contributed by atoms with Crippen molar-refractivity contribution in [3.8, 4) is 0 Å². The number of carbonyl (C=O) groups excluding carboxylic acids is 1. The molecule has 0 aliphatic heterocycles. The molecule has 174 valence electrons. The van der Waals surface area contributed by atoms with Crippen molar-refractivity contribution in [3.63, 3.8) is 0 Å². The van der Waals surface area contributed by atoms with Gasteiger partial charge in [0.2, 0.25) is 0 Å². The van der Waals surface area contributed by atoms with Crippen molar-refractivity contribution in [3.05, 3.63) is 82.3 Å². The van der Waals surface area contributed by atoms with E-state index in [2.05, 4.69) is 20.6 Å². The van der Waals surface area contributed by atoms with Crippen molar-refractivity contribution in [1.82, 2.24) is 29.4 Å². The Morgan fingerprint density at radius 3 is 2.79 bits per heavy atom. The van der Waals surface area contributed by atoms with Gasteiger partial charge in [-0.1, -0.05) is 19.1 Å². The van der Waals surface area contributed by atoms with E-state index in [1.807, 2.05) is 35.9 Å². The number of imidazole rings is 1. The highest BCUT2D eigenvalue weighted by Crippen LogP contribution is 2.72. The van der Waals surface area contributed by atoms with E-state index in [4.69, 9.17) is 0 Å². The number of nitrogens with zero attached hydrogens (tertiary/aromatic N) is 4. The molecule has 3 aliphatic rings. The first-order chi connectivity index (χ1) is 16.4. The van der Waals surface area contributed by atoms with Crippen LogP contribution in [0.2, 0.25) is 0 Å². The van der Waals surface area contributed by atoms with E-state index in [1.165, 1.54) is 10.5 Å². The Morgan fingerprint density at radius 1 is 1.15 bits per heavy atom. The third-order valence-corrected chi connectivity index (χ3v) is 7.59. The Morgan fingerprint density at radius 2 is 2.00 bits per heavy atom. The average Bonchev–Trinajstić information content (AvgIpc) is 3.24. The lowest BCUT2D eigenvalue weighted by Crippen LogP contribution is -2.74. The normalized spacial score (nSPS) is 25.2. The second-order valence-electron chi connectivity index (χ2n) is 9.70. The van der Waals surface area contributed by atoms with Crippen LogP contribution in [-0.4, -0.2) is 36.9 Å². The summed E-state index contributed by atoms with van der Waals surface area (Å²) in [6.45, 7) is 3.78. The molecule has 0 unspecified atom stereocenters. The van der Waals surface area contributed by atoms with Gasteiger partial charge in [-0.2, -0.15) is 0 Å². The van der Waals surface area contributed by atoms with E-state index < -0.39 is 11.6 Å². The minimum absolute atomic E-state index is 0.0741. The number of pyridine rings is 2. The summed E-state index contributed by atoms with van der Waals surface area (Å²) in [5.41, 5.74) is 2.02. The highest BCUT2D eigenvalue weighted by Gasteiger charge is 2.74. The van der Waals surface area contributed by atoms with E-state index in [0.29, 0.717) is 30.7 Å². The number of rotatable bonds is 7. The predicted molar refractivity (Wildman–Crippen MR) is 124 cm³/mol. The number of halogens is 1. The zero-order valence-corrected chi connectivity index (χ0v) is 18.8. The Balaban J connectivity index is 1.08. The third-order valence-electron chi connectivity index (χ3n) is 7.59. The fourth-order valence-electron chi connectivity index (χ4n) is 5.46. The van der Waals surface area contributed by atoms with Gasteiger partial charge in [0, 0.05) is 37.7 Å². The maximum Gasteiger partial charge on any atom is 0.270 e. The van der Waals surface area contributed by atoms with Crippen LogP contribution in [0.15, 0.2) is 59.8 Å². The molecule has 4 heterocycles. The van der Waals surface area contributed by atoms with E-state index in [9.17, 15) is 14.0 Å². The number of aromatic nitrogens is 4. The van der Waals surface area contributed by atoms with Crippen LogP contribution in [0.4, 0.5) is 4.39 Å². The first-order valence-electron chi connectivity index (χ1n) is 11.5. The number of hydrogen-bond donors (Lipinski definition) is 2. The summed E-state index contributed by atoms with van der Waals surface area (Å²) in [7, 11) is 0. The molecule has 34 heavy (non-hydrogen) atoms. The van der Waals surface area contributed by atoms with Crippen molar-refractivity contribution >= 4 is 17.2 Å². The van der Waals surface area contributed by atoms with Crippen molar-refractivity contribution in [1.29, 1.82) is 0 Å². The fraction of sp³-hybridized carbons (Fsp3) is 0.360. The van der Waals surface area contributed by atoms with Gasteiger partial charge in [0.05, 0.1) is 12.2 Å². The van der Waals surface area contributed by atoms with Gasteiger partial charge < -0.3 is 15.0 Å². The van der Waals surface area contributed by atoms with Crippen molar-refractivity contribution in [2.45, 2.75) is 38.5 Å². The zero-order valence-electron chi connectivity index (χ0n) is 18.8. The molecule has 3 aliphatic carbocycles. The molecule has 2 N–H and O–H groups in total. The lowest BCUT2D eigenvalue weighted by Gasteiger charge is -2.71. The summed E-state index contributed by atoms with van der Waals surface area (Å²) in [5.74, 6) is -0.270. The number of carbonyl (C=O) groups is 1. The van der Waals surface area contributed by atoms with Crippen molar-refractivity contribution < 1.29 is 9.18 Å². The van der Waals surface area contributed by atoms with Crippen LogP contribution in [0, 0.1) is 11.3 Å². The third kappa shape index (κ3) is 3.30. The summed E-state index contributed by atoms with van der Waals surface area (Å²) in [6, 6.07) is 10.4. The van der Waals surface area contributed by atoms with E-state index >= 15 is 0 Å². The largest absolute Gasteiger partial charge is 0.345 e. The van der Waals surface area contributed by atoms with Crippen molar-refractivity contribution in [2.75, 3.05) is 6.54 Å². The van der Waals surface area contributed by atoms with E-state index in [0.717, 1.165) is 17.8 Å².